The fourth-order valence-electron chi connectivity index (χ4n) is 4.07. The standard InChI is InChI=1S/C19H30N2OS/c1-4-17(21(13-14-23)11-6-5-7-12-21)19(22)20-18-15(2)9-8-10-16(18)3/h8-10,17H,4-7,11-14H2,1-3H3,(H-,20,22,23)/p+1. The van der Waals surface area contributed by atoms with E-state index >= 15 is 0 Å². The number of anilines is 1. The highest BCUT2D eigenvalue weighted by Crippen LogP contribution is 2.27. The van der Waals surface area contributed by atoms with Crippen LogP contribution in [-0.2, 0) is 4.79 Å². The highest BCUT2D eigenvalue weighted by molar-refractivity contribution is 7.80. The van der Waals surface area contributed by atoms with Gasteiger partial charge in [-0.3, -0.25) is 4.79 Å². The van der Waals surface area contributed by atoms with Gasteiger partial charge in [-0.05, 0) is 44.2 Å². The van der Waals surface area contributed by atoms with Crippen LogP contribution in [0.3, 0.4) is 0 Å². The van der Waals surface area contributed by atoms with Crippen LogP contribution in [0.2, 0.25) is 0 Å². The van der Waals surface area contributed by atoms with Crippen molar-refractivity contribution in [2.45, 2.75) is 52.5 Å². The number of hydrogen-bond acceptors (Lipinski definition) is 2. The molecular formula is C19H31N2OS+. The molecule has 0 aromatic heterocycles. The summed E-state index contributed by atoms with van der Waals surface area (Å²) < 4.78 is 0.913. The van der Waals surface area contributed by atoms with Crippen LogP contribution in [0.5, 0.6) is 0 Å². The van der Waals surface area contributed by atoms with Crippen molar-refractivity contribution in [1.29, 1.82) is 0 Å². The van der Waals surface area contributed by atoms with E-state index in [1.165, 1.54) is 19.3 Å². The highest BCUT2D eigenvalue weighted by Gasteiger charge is 2.41. The van der Waals surface area contributed by atoms with E-state index < -0.39 is 0 Å². The summed E-state index contributed by atoms with van der Waals surface area (Å²) in [6, 6.07) is 6.18. The number of piperidine rings is 1. The van der Waals surface area contributed by atoms with E-state index in [0.29, 0.717) is 0 Å². The van der Waals surface area contributed by atoms with Crippen LogP contribution in [0.25, 0.3) is 0 Å². The van der Waals surface area contributed by atoms with Gasteiger partial charge in [0.1, 0.15) is 0 Å². The molecule has 1 heterocycles. The van der Waals surface area contributed by atoms with Crippen LogP contribution in [0.15, 0.2) is 18.2 Å². The maximum Gasteiger partial charge on any atom is 0.282 e. The van der Waals surface area contributed by atoms with Gasteiger partial charge < -0.3 is 9.80 Å². The van der Waals surface area contributed by atoms with Crippen LogP contribution in [0, 0.1) is 13.8 Å². The van der Waals surface area contributed by atoms with E-state index in [2.05, 4.69) is 50.8 Å². The average molecular weight is 336 g/mol. The van der Waals surface area contributed by atoms with Crippen LogP contribution < -0.4 is 5.32 Å². The number of thiol groups is 1. The molecule has 0 saturated carbocycles. The molecule has 1 N–H and O–H groups in total. The Kier molecular flexibility index (Phi) is 6.54. The first-order valence-corrected chi connectivity index (χ1v) is 9.51. The van der Waals surface area contributed by atoms with E-state index in [0.717, 1.165) is 53.1 Å². The summed E-state index contributed by atoms with van der Waals surface area (Å²) in [6.45, 7) is 9.47. The number of quaternary nitrogens is 1. The summed E-state index contributed by atoms with van der Waals surface area (Å²) in [7, 11) is 0. The molecule has 2 rings (SSSR count). The van der Waals surface area contributed by atoms with Gasteiger partial charge in [0.25, 0.3) is 5.91 Å². The second kappa shape index (κ2) is 8.20. The van der Waals surface area contributed by atoms with E-state index in [-0.39, 0.29) is 11.9 Å². The minimum absolute atomic E-state index is 0.0291. The Labute approximate surface area is 146 Å². The molecule has 0 radical (unpaired) electrons. The van der Waals surface area contributed by atoms with Crippen molar-refractivity contribution in [2.75, 3.05) is 30.7 Å². The molecule has 1 fully saturated rings. The molecule has 3 nitrogen and oxygen atoms in total. The fraction of sp³-hybridized carbons (Fsp3) is 0.632. The molecule has 23 heavy (non-hydrogen) atoms. The third kappa shape index (κ3) is 4.10. The third-order valence-corrected chi connectivity index (χ3v) is 5.53. The number of hydrogen-bond donors (Lipinski definition) is 2. The minimum atomic E-state index is 0.0291. The smallest absolute Gasteiger partial charge is 0.282 e. The Morgan fingerprint density at radius 3 is 2.35 bits per heavy atom. The minimum Gasteiger partial charge on any atom is -0.320 e. The number of para-hydroxylation sites is 1. The summed E-state index contributed by atoms with van der Waals surface area (Å²) in [5.74, 6) is 1.02. The molecule has 1 aliphatic rings. The van der Waals surface area contributed by atoms with Gasteiger partial charge in [0, 0.05) is 17.9 Å². The fourth-order valence-corrected chi connectivity index (χ4v) is 4.47. The number of likely N-dealkylation sites (tertiary alicyclic amines) is 1. The van der Waals surface area contributed by atoms with Gasteiger partial charge in [0.2, 0.25) is 0 Å². The monoisotopic (exact) mass is 335 g/mol. The molecule has 0 aliphatic carbocycles. The quantitative estimate of drug-likeness (QED) is 0.598. The second-order valence-electron chi connectivity index (χ2n) is 6.85. The van der Waals surface area contributed by atoms with Crippen molar-refractivity contribution in [3.63, 3.8) is 0 Å². The number of aryl methyl sites for hydroxylation is 2. The van der Waals surface area contributed by atoms with Gasteiger partial charge in [0.05, 0.1) is 19.6 Å². The first kappa shape index (κ1) is 18.3. The topological polar surface area (TPSA) is 29.1 Å². The number of amides is 1. The predicted molar refractivity (Wildman–Crippen MR) is 101 cm³/mol. The average Bonchev–Trinajstić information content (AvgIpc) is 2.53. The van der Waals surface area contributed by atoms with Crippen LogP contribution in [0.1, 0.15) is 43.7 Å². The van der Waals surface area contributed by atoms with Gasteiger partial charge in [0.15, 0.2) is 6.04 Å². The number of benzene rings is 1. The second-order valence-corrected chi connectivity index (χ2v) is 7.30. The maximum atomic E-state index is 13.1. The third-order valence-electron chi connectivity index (χ3n) is 5.33. The number of carbonyl (C=O) groups is 1. The SMILES string of the molecule is CCC(C(=O)Nc1c(C)cccc1C)[N+]1(CCS)CCCCC1. The van der Waals surface area contributed by atoms with Gasteiger partial charge >= 0.3 is 0 Å². The molecule has 1 amide bonds. The molecule has 1 aromatic carbocycles. The summed E-state index contributed by atoms with van der Waals surface area (Å²) in [5.41, 5.74) is 3.25. The number of nitrogens with zero attached hydrogens (tertiary/aromatic N) is 1. The van der Waals surface area contributed by atoms with E-state index in [9.17, 15) is 4.79 Å². The van der Waals surface area contributed by atoms with Crippen molar-refractivity contribution in [1.82, 2.24) is 0 Å². The summed E-state index contributed by atoms with van der Waals surface area (Å²) >= 11 is 4.47. The van der Waals surface area contributed by atoms with Gasteiger partial charge in [-0.2, -0.15) is 12.6 Å². The van der Waals surface area contributed by atoms with E-state index in [4.69, 9.17) is 0 Å². The van der Waals surface area contributed by atoms with Gasteiger partial charge in [-0.15, -0.1) is 0 Å². The van der Waals surface area contributed by atoms with E-state index in [1.807, 2.05) is 6.07 Å². The molecule has 1 saturated heterocycles. The molecule has 0 spiro atoms. The summed E-state index contributed by atoms with van der Waals surface area (Å²) in [4.78, 5) is 13.1. The molecule has 1 aromatic rings. The van der Waals surface area contributed by atoms with E-state index in [1.54, 1.807) is 0 Å². The lowest BCUT2D eigenvalue weighted by molar-refractivity contribution is -0.944. The maximum absolute atomic E-state index is 13.1. The number of rotatable bonds is 6. The molecule has 1 atom stereocenters. The van der Waals surface area contributed by atoms with Crippen molar-refractivity contribution in [3.8, 4) is 0 Å². The lowest BCUT2D eigenvalue weighted by Crippen LogP contribution is -2.62. The van der Waals surface area contributed by atoms with Crippen molar-refractivity contribution in [3.05, 3.63) is 29.3 Å². The van der Waals surface area contributed by atoms with Crippen molar-refractivity contribution >= 4 is 24.2 Å². The summed E-state index contributed by atoms with van der Waals surface area (Å²) in [5, 5.41) is 3.23. The Bertz CT molecular complexity index is 512. The highest BCUT2D eigenvalue weighted by atomic mass is 32.1. The lowest BCUT2D eigenvalue weighted by atomic mass is 10.00. The first-order valence-electron chi connectivity index (χ1n) is 8.88. The zero-order valence-corrected chi connectivity index (χ0v) is 15.7. The Morgan fingerprint density at radius 2 is 1.83 bits per heavy atom. The van der Waals surface area contributed by atoms with Crippen molar-refractivity contribution < 1.29 is 9.28 Å². The zero-order valence-electron chi connectivity index (χ0n) is 14.8. The Morgan fingerprint density at radius 1 is 1.22 bits per heavy atom. The van der Waals surface area contributed by atoms with Gasteiger partial charge in [-0.25, -0.2) is 0 Å². The van der Waals surface area contributed by atoms with Crippen LogP contribution >= 0.6 is 12.6 Å². The molecule has 1 unspecified atom stereocenters. The zero-order chi connectivity index (χ0) is 16.9. The van der Waals surface area contributed by atoms with Crippen molar-refractivity contribution in [2.24, 2.45) is 0 Å². The number of carbonyl (C=O) groups excluding carboxylic acids is 1. The van der Waals surface area contributed by atoms with Gasteiger partial charge in [-0.1, -0.05) is 25.1 Å². The normalized spacial score (nSPS) is 18.4. The molecular weight excluding hydrogens is 304 g/mol. The molecule has 0 bridgehead atoms. The first-order chi connectivity index (χ1) is 11.0. The lowest BCUT2D eigenvalue weighted by Gasteiger charge is -2.46. The van der Waals surface area contributed by atoms with Crippen LogP contribution in [0.4, 0.5) is 5.69 Å². The number of nitrogens with one attached hydrogen (secondary N) is 1. The Balaban J connectivity index is 2.23. The molecule has 4 heteroatoms. The molecule has 128 valence electrons. The Hall–Kier alpha value is -1.00. The summed E-state index contributed by atoms with van der Waals surface area (Å²) in [6.07, 6.45) is 4.62. The largest absolute Gasteiger partial charge is 0.320 e. The predicted octanol–water partition coefficient (Wildman–Crippen LogP) is 3.95. The molecule has 1 aliphatic heterocycles. The van der Waals surface area contributed by atoms with Crippen LogP contribution in [-0.4, -0.2) is 41.8 Å².